The number of nitrogens with zero attached hydrogens (tertiary/aromatic N) is 1. The van der Waals surface area contributed by atoms with Crippen LogP contribution in [0.2, 0.25) is 0 Å². The Hall–Kier alpha value is -1.21. The van der Waals surface area contributed by atoms with Crippen LogP contribution in [0.25, 0.3) is 0 Å². The maximum atomic E-state index is 12.2. The van der Waals surface area contributed by atoms with Gasteiger partial charge in [0.05, 0.1) is 6.04 Å². The Morgan fingerprint density at radius 1 is 1.58 bits per heavy atom. The molecule has 2 N–H and O–H groups in total. The second-order valence-corrected chi connectivity index (χ2v) is 6.44. The fraction of sp³-hybridized carbons (Fsp3) is 0.500. The fourth-order valence-electron chi connectivity index (χ4n) is 1.93. The van der Waals surface area contributed by atoms with Gasteiger partial charge in [-0.2, -0.15) is 11.8 Å². The van der Waals surface area contributed by atoms with E-state index in [1.807, 2.05) is 24.4 Å². The predicted octanol–water partition coefficient (Wildman–Crippen LogP) is 2.02. The summed E-state index contributed by atoms with van der Waals surface area (Å²) in [5.41, 5.74) is 0. The van der Waals surface area contributed by atoms with E-state index in [4.69, 9.17) is 5.11 Å². The second kappa shape index (κ2) is 6.29. The molecule has 0 radical (unpaired) electrons. The standard InChI is InChI=1S/C12H16N2O3S2/c1-8(10-3-2-5-19-10)13-12(17)14-4-6-18-7-9(14)11(15)16/h2-3,5,8-9H,4,6-7H2,1H3,(H,13,17)(H,15,16). The lowest BCUT2D eigenvalue weighted by Gasteiger charge is -2.33. The summed E-state index contributed by atoms with van der Waals surface area (Å²) < 4.78 is 0. The highest BCUT2D eigenvalue weighted by Crippen LogP contribution is 2.20. The largest absolute Gasteiger partial charge is 0.480 e. The van der Waals surface area contributed by atoms with Crippen molar-refractivity contribution < 1.29 is 14.7 Å². The number of amides is 2. The minimum atomic E-state index is -0.939. The third kappa shape index (κ3) is 3.42. The molecule has 0 aliphatic carbocycles. The second-order valence-electron chi connectivity index (χ2n) is 4.31. The molecule has 1 aliphatic heterocycles. The van der Waals surface area contributed by atoms with Gasteiger partial charge in [-0.15, -0.1) is 11.3 Å². The van der Waals surface area contributed by atoms with Gasteiger partial charge in [0.2, 0.25) is 0 Å². The summed E-state index contributed by atoms with van der Waals surface area (Å²) in [5.74, 6) is 0.298. The Bertz CT molecular complexity index is 450. The highest BCUT2D eigenvalue weighted by atomic mass is 32.2. The zero-order valence-electron chi connectivity index (χ0n) is 10.5. The zero-order valence-corrected chi connectivity index (χ0v) is 12.2. The van der Waals surface area contributed by atoms with E-state index < -0.39 is 12.0 Å². The first-order valence-corrected chi connectivity index (χ1v) is 8.04. The third-order valence-electron chi connectivity index (χ3n) is 2.98. The van der Waals surface area contributed by atoms with Gasteiger partial charge in [0.15, 0.2) is 0 Å². The van der Waals surface area contributed by atoms with Crippen molar-refractivity contribution in [2.45, 2.75) is 19.0 Å². The normalized spacial score (nSPS) is 20.9. The molecule has 0 aromatic carbocycles. The molecule has 1 aromatic heterocycles. The van der Waals surface area contributed by atoms with Crippen molar-refractivity contribution in [2.75, 3.05) is 18.1 Å². The van der Waals surface area contributed by atoms with Gasteiger partial charge in [-0.25, -0.2) is 9.59 Å². The fourth-order valence-corrected chi connectivity index (χ4v) is 3.70. The number of thiophene rings is 1. The number of carboxylic acids is 1. The van der Waals surface area contributed by atoms with Crippen LogP contribution in [0.4, 0.5) is 4.79 Å². The molecule has 1 aromatic rings. The monoisotopic (exact) mass is 300 g/mol. The van der Waals surface area contributed by atoms with E-state index in [0.29, 0.717) is 12.3 Å². The van der Waals surface area contributed by atoms with E-state index in [1.165, 1.54) is 4.90 Å². The van der Waals surface area contributed by atoms with E-state index >= 15 is 0 Å². The number of carboxylic acid groups (broad SMARTS) is 1. The van der Waals surface area contributed by atoms with Crippen LogP contribution in [0, 0.1) is 0 Å². The molecule has 0 saturated carbocycles. The molecule has 2 unspecified atom stereocenters. The number of aliphatic carboxylic acids is 1. The molecule has 19 heavy (non-hydrogen) atoms. The zero-order chi connectivity index (χ0) is 13.8. The summed E-state index contributed by atoms with van der Waals surface area (Å²) in [6.45, 7) is 2.38. The van der Waals surface area contributed by atoms with E-state index in [0.717, 1.165) is 10.6 Å². The summed E-state index contributed by atoms with van der Waals surface area (Å²) in [6, 6.07) is 2.76. The van der Waals surface area contributed by atoms with Crippen molar-refractivity contribution in [3.63, 3.8) is 0 Å². The Morgan fingerprint density at radius 3 is 3.00 bits per heavy atom. The summed E-state index contributed by atoms with van der Waals surface area (Å²) >= 11 is 3.14. The number of carbonyl (C=O) groups excluding carboxylic acids is 1. The first kappa shape index (κ1) is 14.2. The summed E-state index contributed by atoms with van der Waals surface area (Å²) in [5, 5.41) is 14.0. The lowest BCUT2D eigenvalue weighted by atomic mass is 10.2. The maximum absolute atomic E-state index is 12.2. The minimum Gasteiger partial charge on any atom is -0.480 e. The quantitative estimate of drug-likeness (QED) is 0.896. The molecule has 1 saturated heterocycles. The van der Waals surface area contributed by atoms with Crippen LogP contribution in [0.15, 0.2) is 17.5 Å². The number of nitrogens with one attached hydrogen (secondary N) is 1. The number of rotatable bonds is 3. The molecule has 0 spiro atoms. The molecule has 104 valence electrons. The Kier molecular flexibility index (Phi) is 4.71. The number of carbonyl (C=O) groups is 2. The van der Waals surface area contributed by atoms with Crippen LogP contribution < -0.4 is 5.32 Å². The first-order chi connectivity index (χ1) is 9.09. The van der Waals surface area contributed by atoms with E-state index in [-0.39, 0.29) is 12.1 Å². The highest BCUT2D eigenvalue weighted by molar-refractivity contribution is 7.99. The molecule has 1 fully saturated rings. The van der Waals surface area contributed by atoms with Crippen LogP contribution in [-0.2, 0) is 4.79 Å². The Labute approximate surface area is 120 Å². The molecule has 5 nitrogen and oxygen atoms in total. The molecule has 7 heteroatoms. The van der Waals surface area contributed by atoms with Crippen molar-refractivity contribution in [1.29, 1.82) is 0 Å². The lowest BCUT2D eigenvalue weighted by molar-refractivity contribution is -0.141. The van der Waals surface area contributed by atoms with Crippen molar-refractivity contribution >= 4 is 35.1 Å². The first-order valence-electron chi connectivity index (χ1n) is 6.00. The summed E-state index contributed by atoms with van der Waals surface area (Å²) in [6.07, 6.45) is 0. The van der Waals surface area contributed by atoms with Crippen LogP contribution in [0.5, 0.6) is 0 Å². The maximum Gasteiger partial charge on any atom is 0.327 e. The average Bonchev–Trinajstić information content (AvgIpc) is 2.92. The lowest BCUT2D eigenvalue weighted by Crippen LogP contribution is -2.54. The third-order valence-corrected chi connectivity index (χ3v) is 5.06. The van der Waals surface area contributed by atoms with Crippen molar-refractivity contribution in [2.24, 2.45) is 0 Å². The van der Waals surface area contributed by atoms with Crippen LogP contribution >= 0.6 is 23.1 Å². The summed E-state index contributed by atoms with van der Waals surface area (Å²) in [4.78, 5) is 25.8. The van der Waals surface area contributed by atoms with Gasteiger partial charge in [0.1, 0.15) is 6.04 Å². The van der Waals surface area contributed by atoms with E-state index in [2.05, 4.69) is 5.32 Å². The SMILES string of the molecule is CC(NC(=O)N1CCSCC1C(=O)O)c1cccs1. The predicted molar refractivity (Wildman–Crippen MR) is 76.7 cm³/mol. The van der Waals surface area contributed by atoms with Gasteiger partial charge in [-0.3, -0.25) is 0 Å². The highest BCUT2D eigenvalue weighted by Gasteiger charge is 2.32. The van der Waals surface area contributed by atoms with Gasteiger partial charge >= 0.3 is 12.0 Å². The van der Waals surface area contributed by atoms with Gasteiger partial charge < -0.3 is 15.3 Å². The van der Waals surface area contributed by atoms with E-state index in [9.17, 15) is 9.59 Å². The van der Waals surface area contributed by atoms with Crippen LogP contribution in [-0.4, -0.2) is 46.1 Å². The van der Waals surface area contributed by atoms with Crippen LogP contribution in [0.3, 0.4) is 0 Å². The number of hydrogen-bond acceptors (Lipinski definition) is 4. The molecule has 0 bridgehead atoms. The van der Waals surface area contributed by atoms with Gasteiger partial charge in [0, 0.05) is 22.9 Å². The summed E-state index contributed by atoms with van der Waals surface area (Å²) in [7, 11) is 0. The number of urea groups is 1. The Morgan fingerprint density at radius 2 is 2.37 bits per heavy atom. The molecule has 2 amide bonds. The number of thioether (sulfide) groups is 1. The molecule has 2 heterocycles. The Balaban J connectivity index is 2.00. The molecule has 2 atom stereocenters. The van der Waals surface area contributed by atoms with Crippen LogP contribution in [0.1, 0.15) is 17.8 Å². The smallest absolute Gasteiger partial charge is 0.327 e. The number of hydrogen-bond donors (Lipinski definition) is 2. The van der Waals surface area contributed by atoms with E-state index in [1.54, 1.807) is 23.1 Å². The minimum absolute atomic E-state index is 0.100. The van der Waals surface area contributed by atoms with Crippen molar-refractivity contribution in [3.8, 4) is 0 Å². The molecular formula is C12H16N2O3S2. The van der Waals surface area contributed by atoms with Gasteiger partial charge in [-0.1, -0.05) is 6.07 Å². The van der Waals surface area contributed by atoms with Gasteiger partial charge in [-0.05, 0) is 18.4 Å². The topological polar surface area (TPSA) is 69.6 Å². The molecule has 1 aliphatic rings. The van der Waals surface area contributed by atoms with Crippen molar-refractivity contribution in [1.82, 2.24) is 10.2 Å². The van der Waals surface area contributed by atoms with Gasteiger partial charge in [0.25, 0.3) is 0 Å². The average molecular weight is 300 g/mol. The molecule has 2 rings (SSSR count). The molecular weight excluding hydrogens is 284 g/mol. The van der Waals surface area contributed by atoms with Crippen molar-refractivity contribution in [3.05, 3.63) is 22.4 Å².